The van der Waals surface area contributed by atoms with E-state index in [1.165, 1.54) is 22.3 Å². The van der Waals surface area contributed by atoms with Gasteiger partial charge in [0.2, 0.25) is 0 Å². The number of carbonyl (C=O) groups excluding carboxylic acids is 1. The van der Waals surface area contributed by atoms with Gasteiger partial charge in [-0.25, -0.2) is 9.37 Å². The molecule has 0 aliphatic heterocycles. The summed E-state index contributed by atoms with van der Waals surface area (Å²) in [6.07, 6.45) is 0. The van der Waals surface area contributed by atoms with E-state index in [0.717, 1.165) is 11.3 Å². The molecule has 0 radical (unpaired) electrons. The molecule has 0 saturated heterocycles. The molecule has 0 saturated carbocycles. The molecule has 1 aromatic carbocycles. The molecule has 0 fully saturated rings. The minimum Gasteiger partial charge on any atom is -0.336 e. The Kier molecular flexibility index (Phi) is 3.72. The molecule has 3 nitrogen and oxygen atoms in total. The Morgan fingerprint density at radius 1 is 1.50 bits per heavy atom. The summed E-state index contributed by atoms with van der Waals surface area (Å²) in [5.74, 6) is -0.820. The highest BCUT2D eigenvalue weighted by molar-refractivity contribution is 7.07. The molecule has 0 atom stereocenters. The summed E-state index contributed by atoms with van der Waals surface area (Å²) >= 11 is 1.47. The van der Waals surface area contributed by atoms with E-state index in [1.54, 1.807) is 24.7 Å². The fourth-order valence-corrected chi connectivity index (χ4v) is 2.19. The smallest absolute Gasteiger partial charge is 0.256 e. The third kappa shape index (κ3) is 2.73. The molecule has 1 heterocycles. The van der Waals surface area contributed by atoms with Crippen LogP contribution in [-0.2, 0) is 6.54 Å². The normalized spacial score (nSPS) is 10.4. The Hall–Kier alpha value is -1.75. The minimum absolute atomic E-state index is 0.104. The van der Waals surface area contributed by atoms with Crippen LogP contribution < -0.4 is 0 Å². The second-order valence-corrected chi connectivity index (χ2v) is 4.84. The van der Waals surface area contributed by atoms with Gasteiger partial charge in [-0.1, -0.05) is 11.6 Å². The Morgan fingerprint density at radius 2 is 2.28 bits per heavy atom. The van der Waals surface area contributed by atoms with Gasteiger partial charge in [0.15, 0.2) is 0 Å². The highest BCUT2D eigenvalue weighted by Gasteiger charge is 2.16. The van der Waals surface area contributed by atoms with Gasteiger partial charge >= 0.3 is 0 Å². The van der Waals surface area contributed by atoms with Crippen molar-refractivity contribution in [2.45, 2.75) is 13.5 Å². The average molecular weight is 264 g/mol. The number of hydrogen-bond acceptors (Lipinski definition) is 3. The average Bonchev–Trinajstić information content (AvgIpc) is 2.84. The van der Waals surface area contributed by atoms with Crippen LogP contribution in [0.25, 0.3) is 0 Å². The number of nitrogens with zero attached hydrogens (tertiary/aromatic N) is 2. The minimum atomic E-state index is -0.490. The third-order valence-electron chi connectivity index (χ3n) is 2.58. The predicted octanol–water partition coefficient (Wildman–Crippen LogP) is 2.86. The Labute approximate surface area is 109 Å². The van der Waals surface area contributed by atoms with Crippen LogP contribution in [0.1, 0.15) is 21.6 Å². The number of amides is 1. The standard InChI is InChI=1S/C13H13FN2OS/c1-9-3-4-12(14)11(5-9)13(17)16(2)6-10-7-18-8-15-10/h3-5,7-8H,6H2,1-2H3. The first kappa shape index (κ1) is 12.7. The van der Waals surface area contributed by atoms with Gasteiger partial charge in [0.25, 0.3) is 5.91 Å². The lowest BCUT2D eigenvalue weighted by atomic mass is 10.1. The molecule has 18 heavy (non-hydrogen) atoms. The first-order chi connectivity index (χ1) is 8.58. The summed E-state index contributed by atoms with van der Waals surface area (Å²) in [5.41, 5.74) is 3.49. The molecule has 0 aliphatic rings. The summed E-state index contributed by atoms with van der Waals surface area (Å²) in [5, 5.41) is 1.87. The lowest BCUT2D eigenvalue weighted by Gasteiger charge is -2.16. The summed E-state index contributed by atoms with van der Waals surface area (Å²) in [6, 6.07) is 4.53. The summed E-state index contributed by atoms with van der Waals surface area (Å²) in [6.45, 7) is 2.21. The number of halogens is 1. The molecule has 0 spiro atoms. The number of aryl methyl sites for hydroxylation is 1. The molecule has 1 amide bonds. The molecule has 0 unspecified atom stereocenters. The van der Waals surface area contributed by atoms with Gasteiger partial charge in [0.05, 0.1) is 23.3 Å². The second kappa shape index (κ2) is 5.27. The Balaban J connectivity index is 2.17. The van der Waals surface area contributed by atoms with Crippen molar-refractivity contribution in [3.05, 3.63) is 51.7 Å². The molecule has 0 N–H and O–H groups in total. The van der Waals surface area contributed by atoms with E-state index in [0.29, 0.717) is 6.54 Å². The molecular weight excluding hydrogens is 251 g/mol. The summed E-state index contributed by atoms with van der Waals surface area (Å²) < 4.78 is 13.6. The molecule has 1 aromatic heterocycles. The van der Waals surface area contributed by atoms with Crippen molar-refractivity contribution in [1.29, 1.82) is 0 Å². The van der Waals surface area contributed by atoms with Gasteiger partial charge in [-0.15, -0.1) is 11.3 Å². The zero-order valence-corrected chi connectivity index (χ0v) is 11.0. The highest BCUT2D eigenvalue weighted by Crippen LogP contribution is 2.14. The predicted molar refractivity (Wildman–Crippen MR) is 69.0 cm³/mol. The number of aromatic nitrogens is 1. The van der Waals surface area contributed by atoms with E-state index >= 15 is 0 Å². The van der Waals surface area contributed by atoms with Crippen LogP contribution in [0, 0.1) is 12.7 Å². The number of thiazole rings is 1. The number of rotatable bonds is 3. The molecule has 2 aromatic rings. The molecule has 0 aliphatic carbocycles. The fraction of sp³-hybridized carbons (Fsp3) is 0.231. The number of hydrogen-bond donors (Lipinski definition) is 0. The first-order valence-electron chi connectivity index (χ1n) is 5.46. The van der Waals surface area contributed by atoms with Gasteiger partial charge in [-0.05, 0) is 19.1 Å². The fourth-order valence-electron chi connectivity index (χ4n) is 1.64. The zero-order chi connectivity index (χ0) is 13.1. The van der Waals surface area contributed by atoms with Gasteiger partial charge in [-0.3, -0.25) is 4.79 Å². The van der Waals surface area contributed by atoms with Gasteiger partial charge in [0, 0.05) is 12.4 Å². The van der Waals surface area contributed by atoms with E-state index in [9.17, 15) is 9.18 Å². The molecule has 2 rings (SSSR count). The lowest BCUT2D eigenvalue weighted by molar-refractivity contribution is 0.0779. The summed E-state index contributed by atoms with van der Waals surface area (Å²) in [4.78, 5) is 17.7. The van der Waals surface area contributed by atoms with Crippen LogP contribution in [0.3, 0.4) is 0 Å². The van der Waals surface area contributed by atoms with Crippen LogP contribution >= 0.6 is 11.3 Å². The second-order valence-electron chi connectivity index (χ2n) is 4.12. The van der Waals surface area contributed by atoms with E-state index in [2.05, 4.69) is 4.98 Å². The monoisotopic (exact) mass is 264 g/mol. The highest BCUT2D eigenvalue weighted by atomic mass is 32.1. The van der Waals surface area contributed by atoms with E-state index < -0.39 is 5.82 Å². The number of benzene rings is 1. The van der Waals surface area contributed by atoms with Crippen LogP contribution in [0.4, 0.5) is 4.39 Å². The van der Waals surface area contributed by atoms with Crippen molar-refractivity contribution in [2.24, 2.45) is 0 Å². The van der Waals surface area contributed by atoms with Crippen molar-refractivity contribution in [3.63, 3.8) is 0 Å². The molecule has 0 bridgehead atoms. The maximum absolute atomic E-state index is 13.6. The molecule has 5 heteroatoms. The van der Waals surface area contributed by atoms with Crippen molar-refractivity contribution in [2.75, 3.05) is 7.05 Å². The summed E-state index contributed by atoms with van der Waals surface area (Å²) in [7, 11) is 1.64. The lowest BCUT2D eigenvalue weighted by Crippen LogP contribution is -2.27. The molecule has 94 valence electrons. The Morgan fingerprint density at radius 3 is 2.94 bits per heavy atom. The SMILES string of the molecule is Cc1ccc(F)c(C(=O)N(C)Cc2cscn2)c1. The van der Waals surface area contributed by atoms with E-state index in [1.807, 2.05) is 12.3 Å². The van der Waals surface area contributed by atoms with E-state index in [4.69, 9.17) is 0 Å². The van der Waals surface area contributed by atoms with Crippen LogP contribution in [0.5, 0.6) is 0 Å². The largest absolute Gasteiger partial charge is 0.336 e. The first-order valence-corrected chi connectivity index (χ1v) is 6.41. The van der Waals surface area contributed by atoms with Gasteiger partial charge < -0.3 is 4.90 Å². The van der Waals surface area contributed by atoms with Crippen LogP contribution in [0.15, 0.2) is 29.1 Å². The van der Waals surface area contributed by atoms with Crippen LogP contribution in [0.2, 0.25) is 0 Å². The van der Waals surface area contributed by atoms with Crippen LogP contribution in [-0.4, -0.2) is 22.8 Å². The quantitative estimate of drug-likeness (QED) is 0.854. The van der Waals surface area contributed by atoms with Crippen molar-refractivity contribution in [1.82, 2.24) is 9.88 Å². The van der Waals surface area contributed by atoms with E-state index in [-0.39, 0.29) is 11.5 Å². The molecular formula is C13H13FN2OS. The van der Waals surface area contributed by atoms with Gasteiger partial charge in [0.1, 0.15) is 5.82 Å². The van der Waals surface area contributed by atoms with Crippen molar-refractivity contribution < 1.29 is 9.18 Å². The zero-order valence-electron chi connectivity index (χ0n) is 10.2. The number of carbonyl (C=O) groups is 1. The van der Waals surface area contributed by atoms with Crippen molar-refractivity contribution in [3.8, 4) is 0 Å². The maximum atomic E-state index is 13.6. The topological polar surface area (TPSA) is 33.2 Å². The van der Waals surface area contributed by atoms with Gasteiger partial charge in [-0.2, -0.15) is 0 Å². The Bertz CT molecular complexity index is 554. The maximum Gasteiger partial charge on any atom is 0.256 e. The third-order valence-corrected chi connectivity index (χ3v) is 3.22. The van der Waals surface area contributed by atoms with Crippen molar-refractivity contribution >= 4 is 17.2 Å².